The lowest BCUT2D eigenvalue weighted by atomic mass is 10.3. The van der Waals surface area contributed by atoms with Gasteiger partial charge in [0.1, 0.15) is 5.75 Å². The lowest BCUT2D eigenvalue weighted by Crippen LogP contribution is -2.50. The standard InChI is InChI=1S/C19H24ClN5O3S2/c1-13(2)21-16(26)12-29-19-23-22-18(30-19)25-9-7-24(8-10-25)17(27)11-28-15-5-3-14(20)4-6-15/h3-6,13H,7-12H2,1-2H3,(H,21,26). The van der Waals surface area contributed by atoms with Crippen LogP contribution >= 0.6 is 34.7 Å². The van der Waals surface area contributed by atoms with Gasteiger partial charge in [0, 0.05) is 37.2 Å². The molecule has 0 bridgehead atoms. The van der Waals surface area contributed by atoms with Crippen LogP contribution in [0.3, 0.4) is 0 Å². The zero-order chi connectivity index (χ0) is 21.5. The van der Waals surface area contributed by atoms with Gasteiger partial charge in [0.2, 0.25) is 11.0 Å². The molecule has 1 saturated heterocycles. The Balaban J connectivity index is 1.41. The predicted octanol–water partition coefficient (Wildman–Crippen LogP) is 2.54. The van der Waals surface area contributed by atoms with Gasteiger partial charge in [-0.05, 0) is 38.1 Å². The highest BCUT2D eigenvalue weighted by Gasteiger charge is 2.24. The number of carbonyl (C=O) groups excluding carboxylic acids is 2. The second kappa shape index (κ2) is 10.8. The quantitative estimate of drug-likeness (QED) is 0.594. The van der Waals surface area contributed by atoms with Crippen molar-refractivity contribution in [3.8, 4) is 5.75 Å². The Morgan fingerprint density at radius 2 is 1.90 bits per heavy atom. The Bertz CT molecular complexity index is 854. The maximum Gasteiger partial charge on any atom is 0.260 e. The van der Waals surface area contributed by atoms with Crippen LogP contribution in [0.4, 0.5) is 5.13 Å². The summed E-state index contributed by atoms with van der Waals surface area (Å²) in [6.45, 7) is 6.42. The molecule has 1 aliphatic heterocycles. The van der Waals surface area contributed by atoms with E-state index in [0.29, 0.717) is 42.7 Å². The van der Waals surface area contributed by atoms with E-state index in [-0.39, 0.29) is 24.5 Å². The van der Waals surface area contributed by atoms with Crippen LogP contribution < -0.4 is 15.0 Å². The molecule has 0 radical (unpaired) electrons. The molecule has 2 aromatic rings. The fourth-order valence-electron chi connectivity index (χ4n) is 2.79. The number of hydrogen-bond donors (Lipinski definition) is 1. The number of hydrogen-bond acceptors (Lipinski definition) is 8. The first-order valence-corrected chi connectivity index (χ1v) is 11.8. The average Bonchev–Trinajstić information content (AvgIpc) is 3.20. The second-order valence-corrected chi connectivity index (χ2v) is 9.59. The number of rotatable bonds is 8. The molecule has 0 spiro atoms. The number of nitrogens with zero attached hydrogens (tertiary/aromatic N) is 4. The van der Waals surface area contributed by atoms with Gasteiger partial charge in [0.15, 0.2) is 10.9 Å². The van der Waals surface area contributed by atoms with Crippen molar-refractivity contribution in [3.63, 3.8) is 0 Å². The van der Waals surface area contributed by atoms with E-state index in [2.05, 4.69) is 20.4 Å². The molecular weight excluding hydrogens is 446 g/mol. The van der Waals surface area contributed by atoms with Gasteiger partial charge >= 0.3 is 0 Å². The Labute approximate surface area is 188 Å². The van der Waals surface area contributed by atoms with Gasteiger partial charge in [0.05, 0.1) is 5.75 Å². The molecule has 1 fully saturated rings. The maximum atomic E-state index is 12.4. The first-order chi connectivity index (χ1) is 14.4. The van der Waals surface area contributed by atoms with E-state index < -0.39 is 0 Å². The molecule has 1 N–H and O–H groups in total. The smallest absolute Gasteiger partial charge is 0.260 e. The van der Waals surface area contributed by atoms with E-state index in [1.165, 1.54) is 23.1 Å². The number of anilines is 1. The first-order valence-electron chi connectivity index (χ1n) is 9.57. The van der Waals surface area contributed by atoms with Crippen molar-refractivity contribution in [1.82, 2.24) is 20.4 Å². The van der Waals surface area contributed by atoms with Gasteiger partial charge in [-0.3, -0.25) is 9.59 Å². The zero-order valence-corrected chi connectivity index (χ0v) is 19.2. The van der Waals surface area contributed by atoms with Crippen molar-refractivity contribution >= 4 is 51.6 Å². The Morgan fingerprint density at radius 3 is 2.57 bits per heavy atom. The largest absolute Gasteiger partial charge is 0.484 e. The van der Waals surface area contributed by atoms with E-state index in [9.17, 15) is 9.59 Å². The van der Waals surface area contributed by atoms with E-state index >= 15 is 0 Å². The summed E-state index contributed by atoms with van der Waals surface area (Å²) in [6, 6.07) is 7.06. The third kappa shape index (κ3) is 6.75. The van der Waals surface area contributed by atoms with E-state index in [4.69, 9.17) is 16.3 Å². The number of ether oxygens (including phenoxy) is 1. The number of benzene rings is 1. The fraction of sp³-hybridized carbons (Fsp3) is 0.474. The van der Waals surface area contributed by atoms with Crippen LogP contribution in [0.25, 0.3) is 0 Å². The molecule has 11 heteroatoms. The highest BCUT2D eigenvalue weighted by molar-refractivity contribution is 8.01. The number of amides is 2. The first kappa shape index (κ1) is 22.6. The van der Waals surface area contributed by atoms with Crippen molar-refractivity contribution in [1.29, 1.82) is 0 Å². The van der Waals surface area contributed by atoms with E-state index in [1.807, 2.05) is 13.8 Å². The number of aromatic nitrogens is 2. The summed E-state index contributed by atoms with van der Waals surface area (Å²) in [5.74, 6) is 0.879. The summed E-state index contributed by atoms with van der Waals surface area (Å²) in [5.41, 5.74) is 0. The molecular formula is C19H24ClN5O3S2. The average molecular weight is 470 g/mol. The highest BCUT2D eigenvalue weighted by Crippen LogP contribution is 2.28. The molecule has 0 atom stereocenters. The minimum atomic E-state index is -0.0470. The summed E-state index contributed by atoms with van der Waals surface area (Å²) in [4.78, 5) is 28.1. The van der Waals surface area contributed by atoms with Crippen LogP contribution in [0, 0.1) is 0 Å². The number of nitrogens with one attached hydrogen (secondary N) is 1. The van der Waals surface area contributed by atoms with Crippen LogP contribution in [-0.2, 0) is 9.59 Å². The number of piperazine rings is 1. The number of halogens is 1. The van der Waals surface area contributed by atoms with Crippen molar-refractivity contribution in [2.75, 3.05) is 43.4 Å². The molecule has 1 aromatic heterocycles. The molecule has 8 nitrogen and oxygen atoms in total. The summed E-state index contributed by atoms with van der Waals surface area (Å²) in [7, 11) is 0. The lowest BCUT2D eigenvalue weighted by Gasteiger charge is -2.34. The Morgan fingerprint density at radius 1 is 1.20 bits per heavy atom. The van der Waals surface area contributed by atoms with Crippen LogP contribution in [-0.4, -0.2) is 71.5 Å². The zero-order valence-electron chi connectivity index (χ0n) is 16.8. The van der Waals surface area contributed by atoms with Crippen molar-refractivity contribution in [3.05, 3.63) is 29.3 Å². The molecule has 0 aliphatic carbocycles. The number of thioether (sulfide) groups is 1. The summed E-state index contributed by atoms with van der Waals surface area (Å²) in [6.07, 6.45) is 0. The molecule has 3 rings (SSSR count). The van der Waals surface area contributed by atoms with E-state index in [1.54, 1.807) is 29.2 Å². The van der Waals surface area contributed by atoms with Crippen molar-refractivity contribution in [2.24, 2.45) is 0 Å². The monoisotopic (exact) mass is 469 g/mol. The molecule has 1 aromatic carbocycles. The fourth-order valence-corrected chi connectivity index (χ4v) is 4.62. The van der Waals surface area contributed by atoms with Crippen LogP contribution in [0.15, 0.2) is 28.6 Å². The Kier molecular flexibility index (Phi) is 8.17. The molecule has 2 amide bonds. The van der Waals surface area contributed by atoms with Gasteiger partial charge in [0.25, 0.3) is 5.91 Å². The normalized spacial score (nSPS) is 14.1. The minimum Gasteiger partial charge on any atom is -0.484 e. The molecule has 0 saturated carbocycles. The third-order valence-corrected chi connectivity index (χ3v) is 6.62. The summed E-state index contributed by atoms with van der Waals surface area (Å²) < 4.78 is 6.30. The van der Waals surface area contributed by atoms with E-state index in [0.717, 1.165) is 9.47 Å². The lowest BCUT2D eigenvalue weighted by molar-refractivity contribution is -0.133. The van der Waals surface area contributed by atoms with Crippen LogP contribution in [0.5, 0.6) is 5.75 Å². The minimum absolute atomic E-state index is 0.000328. The van der Waals surface area contributed by atoms with Gasteiger partial charge in [-0.2, -0.15) is 0 Å². The molecule has 2 heterocycles. The second-order valence-electron chi connectivity index (χ2n) is 6.97. The highest BCUT2D eigenvalue weighted by atomic mass is 35.5. The van der Waals surface area contributed by atoms with Gasteiger partial charge in [-0.1, -0.05) is 34.7 Å². The van der Waals surface area contributed by atoms with Crippen molar-refractivity contribution in [2.45, 2.75) is 24.2 Å². The molecule has 0 unspecified atom stereocenters. The van der Waals surface area contributed by atoms with Crippen LogP contribution in [0.1, 0.15) is 13.8 Å². The van der Waals surface area contributed by atoms with Crippen molar-refractivity contribution < 1.29 is 14.3 Å². The predicted molar refractivity (Wildman–Crippen MR) is 120 cm³/mol. The van der Waals surface area contributed by atoms with Crippen LogP contribution in [0.2, 0.25) is 5.02 Å². The molecule has 1 aliphatic rings. The Hall–Kier alpha value is -2.04. The third-order valence-electron chi connectivity index (χ3n) is 4.25. The van der Waals surface area contributed by atoms with Gasteiger partial charge in [-0.25, -0.2) is 0 Å². The number of carbonyl (C=O) groups is 2. The SMILES string of the molecule is CC(C)NC(=O)CSc1nnc(N2CCN(C(=O)COc3ccc(Cl)cc3)CC2)s1. The molecule has 162 valence electrons. The topological polar surface area (TPSA) is 87.7 Å². The van der Waals surface area contributed by atoms with Gasteiger partial charge < -0.3 is 19.9 Å². The molecule has 30 heavy (non-hydrogen) atoms. The summed E-state index contributed by atoms with van der Waals surface area (Å²) in [5, 5.41) is 12.7. The van der Waals surface area contributed by atoms with Gasteiger partial charge in [-0.15, -0.1) is 10.2 Å². The maximum absolute atomic E-state index is 12.4. The summed E-state index contributed by atoms with van der Waals surface area (Å²) >= 11 is 8.70.